The highest BCUT2D eigenvalue weighted by atomic mass is 15.1. The van der Waals surface area contributed by atoms with Crippen LogP contribution in [0.2, 0.25) is 0 Å². The van der Waals surface area contributed by atoms with E-state index in [1.807, 2.05) is 6.08 Å². The van der Waals surface area contributed by atoms with Gasteiger partial charge in [-0.15, -0.1) is 6.58 Å². The van der Waals surface area contributed by atoms with Crippen LogP contribution in [0.5, 0.6) is 0 Å². The maximum Gasteiger partial charge on any atom is 0.00387 e. The van der Waals surface area contributed by atoms with E-state index in [-0.39, 0.29) is 0 Å². The zero-order valence-electron chi connectivity index (χ0n) is 12.5. The highest BCUT2D eigenvalue weighted by molar-refractivity contribution is 4.74. The van der Waals surface area contributed by atoms with Crippen molar-refractivity contribution in [3.63, 3.8) is 0 Å². The fraction of sp³-hybridized carbons (Fsp3) is 0.875. The zero-order chi connectivity index (χ0) is 13.2. The summed E-state index contributed by atoms with van der Waals surface area (Å²) in [6, 6.07) is 0.694. The Morgan fingerprint density at radius 2 is 1.94 bits per heavy atom. The summed E-state index contributed by atoms with van der Waals surface area (Å²) < 4.78 is 0. The highest BCUT2D eigenvalue weighted by Crippen LogP contribution is 2.16. The van der Waals surface area contributed by atoms with Gasteiger partial charge in [0.15, 0.2) is 0 Å². The Morgan fingerprint density at radius 3 is 2.56 bits per heavy atom. The normalized spacial score (nSPS) is 17.6. The average molecular weight is 252 g/mol. The summed E-state index contributed by atoms with van der Waals surface area (Å²) in [7, 11) is 0. The van der Waals surface area contributed by atoms with Crippen molar-refractivity contribution >= 4 is 0 Å². The maximum absolute atomic E-state index is 3.78. The van der Waals surface area contributed by atoms with E-state index in [4.69, 9.17) is 0 Å². The summed E-state index contributed by atoms with van der Waals surface area (Å²) >= 11 is 0. The molecule has 1 aliphatic rings. The molecule has 2 nitrogen and oxygen atoms in total. The van der Waals surface area contributed by atoms with Gasteiger partial charge in [-0.3, -0.25) is 0 Å². The molecule has 106 valence electrons. The Morgan fingerprint density at radius 1 is 1.22 bits per heavy atom. The Bertz CT molecular complexity index is 207. The standard InChI is InChI=1S/C16H32N2/c1-4-5-6-7-8-13-18(15(2)3)14-16-9-11-17-12-10-16/h4,15-17H,1,5-14H2,2-3H3. The molecule has 0 aromatic heterocycles. The van der Waals surface area contributed by atoms with Crippen molar-refractivity contribution in [2.24, 2.45) is 5.92 Å². The molecule has 0 aromatic rings. The molecule has 1 saturated heterocycles. The molecule has 0 spiro atoms. The topological polar surface area (TPSA) is 15.3 Å². The van der Waals surface area contributed by atoms with Gasteiger partial charge in [0.1, 0.15) is 0 Å². The van der Waals surface area contributed by atoms with E-state index in [1.165, 1.54) is 64.7 Å². The van der Waals surface area contributed by atoms with E-state index in [2.05, 4.69) is 30.6 Å². The molecule has 1 rings (SSSR count). The molecule has 1 heterocycles. The van der Waals surface area contributed by atoms with Crippen molar-refractivity contribution < 1.29 is 0 Å². The van der Waals surface area contributed by atoms with Crippen LogP contribution >= 0.6 is 0 Å². The fourth-order valence-corrected chi connectivity index (χ4v) is 2.74. The first-order valence-corrected chi connectivity index (χ1v) is 7.79. The lowest BCUT2D eigenvalue weighted by Crippen LogP contribution is -2.39. The Balaban J connectivity index is 2.19. The first-order chi connectivity index (χ1) is 8.74. The van der Waals surface area contributed by atoms with Gasteiger partial charge in [-0.25, -0.2) is 0 Å². The van der Waals surface area contributed by atoms with Crippen molar-refractivity contribution in [1.29, 1.82) is 0 Å². The van der Waals surface area contributed by atoms with Crippen LogP contribution in [0.25, 0.3) is 0 Å². The van der Waals surface area contributed by atoms with E-state index >= 15 is 0 Å². The minimum atomic E-state index is 0.694. The van der Waals surface area contributed by atoms with Gasteiger partial charge in [0.25, 0.3) is 0 Å². The largest absolute Gasteiger partial charge is 0.317 e. The number of hydrogen-bond acceptors (Lipinski definition) is 2. The van der Waals surface area contributed by atoms with E-state index in [0.717, 1.165) is 5.92 Å². The zero-order valence-corrected chi connectivity index (χ0v) is 12.5. The number of nitrogens with one attached hydrogen (secondary N) is 1. The molecule has 0 unspecified atom stereocenters. The second-order valence-electron chi connectivity index (χ2n) is 5.92. The fourth-order valence-electron chi connectivity index (χ4n) is 2.74. The Hall–Kier alpha value is -0.340. The number of rotatable bonds is 9. The van der Waals surface area contributed by atoms with Crippen molar-refractivity contribution in [2.75, 3.05) is 26.2 Å². The predicted molar refractivity (Wildman–Crippen MR) is 81.0 cm³/mol. The SMILES string of the molecule is C=CCCCCCN(CC1CCNCC1)C(C)C. The summed E-state index contributed by atoms with van der Waals surface area (Å²) in [5, 5.41) is 3.46. The quantitative estimate of drug-likeness (QED) is 0.499. The third kappa shape index (κ3) is 6.55. The summed E-state index contributed by atoms with van der Waals surface area (Å²) in [6.07, 6.45) is 9.94. The predicted octanol–water partition coefficient (Wildman–Crippen LogP) is 3.44. The molecule has 0 bridgehead atoms. The molecule has 1 N–H and O–H groups in total. The van der Waals surface area contributed by atoms with Crippen LogP contribution in [0, 0.1) is 5.92 Å². The van der Waals surface area contributed by atoms with Crippen LogP contribution in [0.1, 0.15) is 52.4 Å². The number of allylic oxidation sites excluding steroid dienone is 1. The summed E-state index contributed by atoms with van der Waals surface area (Å²) in [4.78, 5) is 2.68. The minimum Gasteiger partial charge on any atom is -0.317 e. The van der Waals surface area contributed by atoms with Gasteiger partial charge in [-0.05, 0) is 71.5 Å². The summed E-state index contributed by atoms with van der Waals surface area (Å²) in [6.45, 7) is 13.5. The third-order valence-electron chi connectivity index (χ3n) is 4.04. The van der Waals surface area contributed by atoms with Gasteiger partial charge >= 0.3 is 0 Å². The Kier molecular flexibility index (Phi) is 8.36. The number of unbranched alkanes of at least 4 members (excludes halogenated alkanes) is 3. The van der Waals surface area contributed by atoms with Crippen LogP contribution in [-0.2, 0) is 0 Å². The molecule has 0 amide bonds. The van der Waals surface area contributed by atoms with Gasteiger partial charge in [0, 0.05) is 12.6 Å². The minimum absolute atomic E-state index is 0.694. The molecule has 1 fully saturated rings. The van der Waals surface area contributed by atoms with Crippen LogP contribution in [0.15, 0.2) is 12.7 Å². The van der Waals surface area contributed by atoms with E-state index < -0.39 is 0 Å². The lowest BCUT2D eigenvalue weighted by atomic mass is 9.97. The van der Waals surface area contributed by atoms with E-state index in [9.17, 15) is 0 Å². The first-order valence-electron chi connectivity index (χ1n) is 7.79. The summed E-state index contributed by atoms with van der Waals surface area (Å²) in [5.74, 6) is 0.918. The summed E-state index contributed by atoms with van der Waals surface area (Å²) in [5.41, 5.74) is 0. The van der Waals surface area contributed by atoms with Gasteiger partial charge in [-0.2, -0.15) is 0 Å². The number of nitrogens with zero attached hydrogens (tertiary/aromatic N) is 1. The lowest BCUT2D eigenvalue weighted by molar-refractivity contribution is 0.166. The van der Waals surface area contributed by atoms with Gasteiger partial charge in [-0.1, -0.05) is 12.5 Å². The van der Waals surface area contributed by atoms with E-state index in [0.29, 0.717) is 6.04 Å². The highest BCUT2D eigenvalue weighted by Gasteiger charge is 2.18. The maximum atomic E-state index is 3.78. The van der Waals surface area contributed by atoms with Crippen molar-refractivity contribution in [3.8, 4) is 0 Å². The van der Waals surface area contributed by atoms with Crippen molar-refractivity contribution in [3.05, 3.63) is 12.7 Å². The second-order valence-corrected chi connectivity index (χ2v) is 5.92. The van der Waals surface area contributed by atoms with Gasteiger partial charge < -0.3 is 10.2 Å². The molecule has 0 aliphatic carbocycles. The van der Waals surface area contributed by atoms with Gasteiger partial charge in [0.2, 0.25) is 0 Å². The first kappa shape index (κ1) is 15.7. The van der Waals surface area contributed by atoms with Gasteiger partial charge in [0.05, 0.1) is 0 Å². The van der Waals surface area contributed by atoms with Crippen LogP contribution in [0.4, 0.5) is 0 Å². The molecular weight excluding hydrogens is 220 g/mol. The molecule has 0 saturated carbocycles. The monoisotopic (exact) mass is 252 g/mol. The van der Waals surface area contributed by atoms with Crippen LogP contribution < -0.4 is 5.32 Å². The lowest BCUT2D eigenvalue weighted by Gasteiger charge is -2.32. The molecule has 0 aromatic carbocycles. The average Bonchev–Trinajstić information content (AvgIpc) is 2.38. The smallest absolute Gasteiger partial charge is 0.00387 e. The second kappa shape index (κ2) is 9.57. The molecule has 18 heavy (non-hydrogen) atoms. The molecule has 0 radical (unpaired) electrons. The van der Waals surface area contributed by atoms with Crippen LogP contribution in [-0.4, -0.2) is 37.1 Å². The van der Waals surface area contributed by atoms with E-state index in [1.54, 1.807) is 0 Å². The third-order valence-corrected chi connectivity index (χ3v) is 4.04. The molecular formula is C16H32N2. The van der Waals surface area contributed by atoms with Crippen LogP contribution in [0.3, 0.4) is 0 Å². The van der Waals surface area contributed by atoms with Crippen molar-refractivity contribution in [2.45, 2.75) is 58.4 Å². The number of piperidine rings is 1. The molecule has 0 atom stereocenters. The molecule has 1 aliphatic heterocycles. The van der Waals surface area contributed by atoms with Crippen molar-refractivity contribution in [1.82, 2.24) is 10.2 Å². The number of hydrogen-bond donors (Lipinski definition) is 1. The Labute approximate surface area is 114 Å². The molecule has 2 heteroatoms.